The number of ether oxygens (including phenoxy) is 2. The van der Waals surface area contributed by atoms with E-state index >= 15 is 0 Å². The number of nitrogens with zero attached hydrogens (tertiary/aromatic N) is 1. The Balaban J connectivity index is 1.40. The van der Waals surface area contributed by atoms with E-state index in [2.05, 4.69) is 10.6 Å². The molecule has 0 aromatic heterocycles. The first kappa shape index (κ1) is 18.9. The summed E-state index contributed by atoms with van der Waals surface area (Å²) in [6.45, 7) is 1.03. The van der Waals surface area contributed by atoms with Crippen molar-refractivity contribution in [2.45, 2.75) is 42.5 Å². The lowest BCUT2D eigenvalue weighted by molar-refractivity contribution is -0.131. The van der Waals surface area contributed by atoms with Gasteiger partial charge in [0.25, 0.3) is 5.91 Å². The fraction of sp³-hybridized carbons (Fsp3) is 0.526. The molecule has 2 N–H and O–H groups in total. The number of hydrogen-bond donors (Lipinski definition) is 2. The molecule has 1 saturated carbocycles. The van der Waals surface area contributed by atoms with Crippen LogP contribution in [0.15, 0.2) is 17.0 Å². The molecule has 4 rings (SSSR count). The molecule has 1 aromatic carbocycles. The highest BCUT2D eigenvalue weighted by Crippen LogP contribution is 2.39. The van der Waals surface area contributed by atoms with Gasteiger partial charge in [0.1, 0.15) is 18.8 Å². The number of hydrogen-bond acceptors (Lipinski definition) is 6. The van der Waals surface area contributed by atoms with Crippen LogP contribution in [0.4, 0.5) is 10.5 Å². The van der Waals surface area contributed by atoms with Gasteiger partial charge < -0.3 is 20.1 Å². The molecule has 28 heavy (non-hydrogen) atoms. The van der Waals surface area contributed by atoms with Gasteiger partial charge in [-0.1, -0.05) is 12.8 Å². The first-order valence-corrected chi connectivity index (χ1v) is 10.7. The summed E-state index contributed by atoms with van der Waals surface area (Å²) in [6.07, 6.45) is 5.17. The van der Waals surface area contributed by atoms with Crippen LogP contribution in [0.5, 0.6) is 11.5 Å². The van der Waals surface area contributed by atoms with E-state index in [1.807, 2.05) is 12.3 Å². The summed E-state index contributed by atoms with van der Waals surface area (Å²) in [7, 11) is 0. The van der Waals surface area contributed by atoms with Gasteiger partial charge in [0.05, 0.1) is 5.69 Å². The van der Waals surface area contributed by atoms with Crippen LogP contribution < -0.4 is 20.1 Å². The fourth-order valence-corrected chi connectivity index (χ4v) is 4.51. The van der Waals surface area contributed by atoms with Crippen molar-refractivity contribution < 1.29 is 23.9 Å². The molecule has 150 valence electrons. The van der Waals surface area contributed by atoms with Gasteiger partial charge in [-0.2, -0.15) is 0 Å². The van der Waals surface area contributed by atoms with Crippen LogP contribution in [0.2, 0.25) is 0 Å². The smallest absolute Gasteiger partial charge is 0.325 e. The zero-order valence-corrected chi connectivity index (χ0v) is 16.5. The van der Waals surface area contributed by atoms with Gasteiger partial charge in [-0.25, -0.2) is 4.79 Å². The molecule has 0 unspecified atom stereocenters. The molecular formula is C19H23N3O5S. The first-order valence-electron chi connectivity index (χ1n) is 9.44. The van der Waals surface area contributed by atoms with Gasteiger partial charge in [0.15, 0.2) is 11.5 Å². The molecule has 8 nitrogen and oxygen atoms in total. The molecule has 0 atom stereocenters. The topological polar surface area (TPSA) is 97.0 Å². The average Bonchev–Trinajstić information content (AvgIpc) is 3.25. The molecule has 4 amide bonds. The number of urea groups is 1. The van der Waals surface area contributed by atoms with E-state index in [0.29, 0.717) is 43.2 Å². The maximum absolute atomic E-state index is 12.6. The second kappa shape index (κ2) is 7.54. The van der Waals surface area contributed by atoms with Crippen LogP contribution in [0, 0.1) is 0 Å². The minimum Gasteiger partial charge on any atom is -0.486 e. The maximum atomic E-state index is 12.6. The summed E-state index contributed by atoms with van der Waals surface area (Å²) in [6, 6.07) is 3.19. The molecule has 9 heteroatoms. The number of benzene rings is 1. The van der Waals surface area contributed by atoms with Crippen molar-refractivity contribution in [3.8, 4) is 11.5 Å². The zero-order valence-electron chi connectivity index (χ0n) is 15.7. The molecule has 2 aliphatic heterocycles. The predicted octanol–water partition coefficient (Wildman–Crippen LogP) is 2.37. The Labute approximate surface area is 167 Å². The minimum absolute atomic E-state index is 0.0392. The van der Waals surface area contributed by atoms with Gasteiger partial charge in [-0.15, -0.1) is 11.8 Å². The molecule has 1 aliphatic carbocycles. The summed E-state index contributed by atoms with van der Waals surface area (Å²) in [4.78, 5) is 39.4. The van der Waals surface area contributed by atoms with Gasteiger partial charge >= 0.3 is 6.03 Å². The van der Waals surface area contributed by atoms with E-state index in [0.717, 1.165) is 17.7 Å². The van der Waals surface area contributed by atoms with Crippen LogP contribution in [0.25, 0.3) is 0 Å². The van der Waals surface area contributed by atoms with E-state index in [-0.39, 0.29) is 24.8 Å². The number of anilines is 1. The van der Waals surface area contributed by atoms with E-state index < -0.39 is 11.6 Å². The Hall–Kier alpha value is -2.42. The summed E-state index contributed by atoms with van der Waals surface area (Å²) < 4.78 is 11.1. The van der Waals surface area contributed by atoms with Crippen molar-refractivity contribution in [1.29, 1.82) is 0 Å². The minimum atomic E-state index is -0.741. The molecule has 3 aliphatic rings. The third kappa shape index (κ3) is 3.39. The van der Waals surface area contributed by atoms with Crippen LogP contribution in [-0.2, 0) is 9.59 Å². The molecule has 1 saturated heterocycles. The fourth-order valence-electron chi connectivity index (χ4n) is 3.96. The average molecular weight is 405 g/mol. The normalized spacial score (nSPS) is 19.8. The predicted molar refractivity (Wildman–Crippen MR) is 104 cm³/mol. The number of carbonyl (C=O) groups is 3. The molecule has 0 bridgehead atoms. The summed E-state index contributed by atoms with van der Waals surface area (Å²) >= 11 is 1.49. The Kier molecular flexibility index (Phi) is 5.09. The lowest BCUT2D eigenvalue weighted by Crippen LogP contribution is -2.44. The van der Waals surface area contributed by atoms with Crippen molar-refractivity contribution in [3.05, 3.63) is 12.1 Å². The van der Waals surface area contributed by atoms with Crippen molar-refractivity contribution in [1.82, 2.24) is 10.2 Å². The van der Waals surface area contributed by atoms with Crippen molar-refractivity contribution >= 4 is 35.3 Å². The lowest BCUT2D eigenvalue weighted by Gasteiger charge is -2.21. The number of nitrogens with one attached hydrogen (secondary N) is 2. The second-order valence-electron chi connectivity index (χ2n) is 7.17. The number of rotatable bonds is 5. The lowest BCUT2D eigenvalue weighted by atomic mass is 9.98. The van der Waals surface area contributed by atoms with Crippen molar-refractivity contribution in [2.75, 3.05) is 31.3 Å². The molecule has 2 heterocycles. The second-order valence-corrected chi connectivity index (χ2v) is 8.02. The molecule has 2 fully saturated rings. The summed E-state index contributed by atoms with van der Waals surface area (Å²) in [5.74, 6) is 0.790. The summed E-state index contributed by atoms with van der Waals surface area (Å²) in [5, 5.41) is 5.69. The molecular weight excluding hydrogens is 382 g/mol. The Morgan fingerprint density at radius 1 is 1.21 bits per heavy atom. The highest BCUT2D eigenvalue weighted by molar-refractivity contribution is 7.98. The van der Waals surface area contributed by atoms with Crippen molar-refractivity contribution in [3.63, 3.8) is 0 Å². The quantitative estimate of drug-likeness (QED) is 0.577. The maximum Gasteiger partial charge on any atom is 0.325 e. The third-order valence-corrected chi connectivity index (χ3v) is 6.18. The van der Waals surface area contributed by atoms with Crippen LogP contribution in [-0.4, -0.2) is 54.3 Å². The van der Waals surface area contributed by atoms with E-state index in [1.165, 1.54) is 16.7 Å². The molecule has 1 aromatic rings. The number of thioether (sulfide) groups is 1. The van der Waals surface area contributed by atoms with E-state index in [4.69, 9.17) is 9.47 Å². The largest absolute Gasteiger partial charge is 0.486 e. The van der Waals surface area contributed by atoms with E-state index in [9.17, 15) is 14.4 Å². The highest BCUT2D eigenvalue weighted by Gasteiger charge is 2.52. The first-order chi connectivity index (χ1) is 13.5. The van der Waals surface area contributed by atoms with Gasteiger partial charge in [0, 0.05) is 23.9 Å². The SMILES string of the molecule is CSc1cc2c(cc1NC(=O)CCN1C(=O)NC3(CCCC3)C1=O)OCCO2. The number of amides is 4. The van der Waals surface area contributed by atoms with Crippen LogP contribution in [0.3, 0.4) is 0 Å². The Morgan fingerprint density at radius 2 is 1.89 bits per heavy atom. The standard InChI is InChI=1S/C19H23N3O5S/c1-28-15-11-14-13(26-8-9-27-14)10-12(15)20-16(23)4-7-22-17(24)19(21-18(22)25)5-2-3-6-19/h10-11H,2-9H2,1H3,(H,20,23)(H,21,25). The molecule has 0 radical (unpaired) electrons. The van der Waals surface area contributed by atoms with Gasteiger partial charge in [-0.3, -0.25) is 14.5 Å². The number of fused-ring (bicyclic) bond motifs is 1. The number of imide groups is 1. The number of carbonyl (C=O) groups excluding carboxylic acids is 3. The Morgan fingerprint density at radius 3 is 2.57 bits per heavy atom. The van der Waals surface area contributed by atoms with Gasteiger partial charge in [-0.05, 0) is 25.2 Å². The summed E-state index contributed by atoms with van der Waals surface area (Å²) in [5.41, 5.74) is -0.110. The third-order valence-electron chi connectivity index (χ3n) is 5.40. The van der Waals surface area contributed by atoms with Gasteiger partial charge in [0.2, 0.25) is 5.91 Å². The monoisotopic (exact) mass is 405 g/mol. The van der Waals surface area contributed by atoms with Crippen LogP contribution >= 0.6 is 11.8 Å². The van der Waals surface area contributed by atoms with Crippen LogP contribution in [0.1, 0.15) is 32.1 Å². The molecule has 1 spiro atoms. The van der Waals surface area contributed by atoms with Crippen molar-refractivity contribution in [2.24, 2.45) is 0 Å². The zero-order chi connectivity index (χ0) is 19.7. The van der Waals surface area contributed by atoms with E-state index in [1.54, 1.807) is 6.07 Å². The Bertz CT molecular complexity index is 822. The highest BCUT2D eigenvalue weighted by atomic mass is 32.2.